The second-order valence-corrected chi connectivity index (χ2v) is 5.25. The minimum atomic E-state index is -0.611. The largest absolute Gasteiger partial charge is 0.387 e. The summed E-state index contributed by atoms with van der Waals surface area (Å²) < 4.78 is 0. The van der Waals surface area contributed by atoms with Crippen LogP contribution >= 0.6 is 11.8 Å². The van der Waals surface area contributed by atoms with Gasteiger partial charge in [0.2, 0.25) is 0 Å². The number of aliphatic hydroxyl groups is 1. The summed E-state index contributed by atoms with van der Waals surface area (Å²) in [4.78, 5) is 4.18. The van der Waals surface area contributed by atoms with Gasteiger partial charge >= 0.3 is 0 Å². The van der Waals surface area contributed by atoms with Gasteiger partial charge in [0, 0.05) is 11.8 Å². The van der Waals surface area contributed by atoms with Crippen LogP contribution in [0.5, 0.6) is 0 Å². The van der Waals surface area contributed by atoms with Gasteiger partial charge in [0.15, 0.2) is 5.96 Å². The van der Waals surface area contributed by atoms with E-state index in [-0.39, 0.29) is 0 Å². The fourth-order valence-electron chi connectivity index (χ4n) is 1.44. The molecule has 0 amide bonds. The molecule has 0 aromatic carbocycles. The monoisotopic (exact) mass is 215 g/mol. The number of hydrogen-bond acceptors (Lipinski definition) is 3. The average Bonchev–Trinajstić information content (AvgIpc) is 2.85. The van der Waals surface area contributed by atoms with Crippen molar-refractivity contribution < 1.29 is 5.11 Å². The number of rotatable bonds is 3. The van der Waals surface area contributed by atoms with E-state index in [1.807, 2.05) is 0 Å². The Morgan fingerprint density at radius 2 is 2.43 bits per heavy atom. The van der Waals surface area contributed by atoms with Crippen molar-refractivity contribution in [1.82, 2.24) is 5.32 Å². The first-order valence-electron chi connectivity index (χ1n) is 5.05. The van der Waals surface area contributed by atoms with E-state index in [9.17, 15) is 5.11 Å². The molecule has 4 N–H and O–H groups in total. The number of nitrogens with zero attached hydrogens (tertiary/aromatic N) is 1. The van der Waals surface area contributed by atoms with Gasteiger partial charge in [-0.2, -0.15) is 11.8 Å². The summed E-state index contributed by atoms with van der Waals surface area (Å²) in [5.41, 5.74) is 5.06. The van der Waals surface area contributed by atoms with Crippen LogP contribution in [0.2, 0.25) is 0 Å². The number of thioether (sulfide) groups is 1. The summed E-state index contributed by atoms with van der Waals surface area (Å²) in [7, 11) is 0. The molecule has 1 aliphatic heterocycles. The maximum atomic E-state index is 9.98. The van der Waals surface area contributed by atoms with Crippen LogP contribution in [0, 0.1) is 0 Å². The lowest BCUT2D eigenvalue weighted by atomic mass is 10.1. The summed E-state index contributed by atoms with van der Waals surface area (Å²) in [5, 5.41) is 13.1. The smallest absolute Gasteiger partial charge is 0.188 e. The van der Waals surface area contributed by atoms with Crippen LogP contribution in [0.1, 0.15) is 19.3 Å². The number of guanidine groups is 1. The van der Waals surface area contributed by atoms with Crippen LogP contribution in [-0.2, 0) is 0 Å². The van der Waals surface area contributed by atoms with Crippen molar-refractivity contribution >= 4 is 17.7 Å². The van der Waals surface area contributed by atoms with Crippen molar-refractivity contribution in [2.24, 2.45) is 10.7 Å². The second kappa shape index (κ2) is 3.98. The summed E-state index contributed by atoms with van der Waals surface area (Å²) in [6, 6.07) is 0.534. The first-order valence-corrected chi connectivity index (χ1v) is 6.20. The van der Waals surface area contributed by atoms with E-state index < -0.39 is 5.60 Å². The molecular formula is C9H17N3OS. The van der Waals surface area contributed by atoms with Crippen molar-refractivity contribution in [3.05, 3.63) is 0 Å². The van der Waals surface area contributed by atoms with Crippen molar-refractivity contribution in [3.63, 3.8) is 0 Å². The van der Waals surface area contributed by atoms with Gasteiger partial charge < -0.3 is 16.2 Å². The highest BCUT2D eigenvalue weighted by Gasteiger charge is 2.31. The van der Waals surface area contributed by atoms with E-state index in [4.69, 9.17) is 5.73 Å². The predicted octanol–water partition coefficient (Wildman–Crippen LogP) is -0.0789. The predicted molar refractivity (Wildman–Crippen MR) is 59.5 cm³/mol. The molecule has 4 nitrogen and oxygen atoms in total. The van der Waals surface area contributed by atoms with Crippen LogP contribution in [0.3, 0.4) is 0 Å². The number of nitrogens with two attached hydrogens (primary N) is 1. The molecule has 0 aromatic rings. The summed E-state index contributed by atoms with van der Waals surface area (Å²) >= 11 is 1.78. The SMILES string of the molecule is NC(=NCC1(O)CCSC1)NC1CC1. The highest BCUT2D eigenvalue weighted by molar-refractivity contribution is 7.99. The van der Waals surface area contributed by atoms with Crippen molar-refractivity contribution in [3.8, 4) is 0 Å². The Balaban J connectivity index is 1.78. The minimum absolute atomic E-state index is 0.436. The standard InChI is InChI=1S/C9H17N3OS/c10-8(12-7-1-2-7)11-5-9(13)3-4-14-6-9/h7,13H,1-6H2,(H3,10,11,12). The fraction of sp³-hybridized carbons (Fsp3) is 0.889. The molecule has 1 aliphatic carbocycles. The summed E-state index contributed by atoms with van der Waals surface area (Å²) in [6.07, 6.45) is 3.21. The van der Waals surface area contributed by atoms with E-state index in [1.165, 1.54) is 12.8 Å². The molecule has 1 saturated carbocycles. The van der Waals surface area contributed by atoms with E-state index in [0.717, 1.165) is 17.9 Å². The van der Waals surface area contributed by atoms with Crippen molar-refractivity contribution in [2.75, 3.05) is 18.1 Å². The van der Waals surface area contributed by atoms with Gasteiger partial charge in [-0.3, -0.25) is 4.99 Å². The Bertz CT molecular complexity index is 234. The molecule has 1 heterocycles. The quantitative estimate of drug-likeness (QED) is 0.455. The fourth-order valence-corrected chi connectivity index (χ4v) is 2.72. The van der Waals surface area contributed by atoms with Gasteiger partial charge in [0.1, 0.15) is 0 Å². The van der Waals surface area contributed by atoms with E-state index in [2.05, 4.69) is 10.3 Å². The first-order chi connectivity index (χ1) is 6.68. The van der Waals surface area contributed by atoms with Crippen molar-refractivity contribution in [2.45, 2.75) is 30.9 Å². The number of hydrogen-bond donors (Lipinski definition) is 3. The van der Waals surface area contributed by atoms with Gasteiger partial charge in [-0.1, -0.05) is 0 Å². The molecule has 14 heavy (non-hydrogen) atoms. The Labute approximate surface area is 88.3 Å². The molecule has 2 fully saturated rings. The van der Waals surface area contributed by atoms with Crippen LogP contribution < -0.4 is 11.1 Å². The maximum absolute atomic E-state index is 9.98. The number of aliphatic imine (C=N–C) groups is 1. The van der Waals surface area contributed by atoms with Crippen LogP contribution in [-0.4, -0.2) is 40.8 Å². The Morgan fingerprint density at radius 1 is 1.64 bits per heavy atom. The minimum Gasteiger partial charge on any atom is -0.387 e. The molecule has 1 atom stereocenters. The van der Waals surface area contributed by atoms with Gasteiger partial charge in [-0.15, -0.1) is 0 Å². The molecule has 2 aliphatic rings. The normalized spacial score (nSPS) is 33.4. The number of nitrogens with one attached hydrogen (secondary N) is 1. The van der Waals surface area contributed by atoms with Gasteiger partial charge in [0.25, 0.3) is 0 Å². The maximum Gasteiger partial charge on any atom is 0.188 e. The summed E-state index contributed by atoms with van der Waals surface area (Å²) in [5.74, 6) is 2.30. The third-order valence-electron chi connectivity index (χ3n) is 2.56. The summed E-state index contributed by atoms with van der Waals surface area (Å²) in [6.45, 7) is 0.436. The second-order valence-electron chi connectivity index (χ2n) is 4.15. The third kappa shape index (κ3) is 2.78. The first kappa shape index (κ1) is 10.1. The van der Waals surface area contributed by atoms with Gasteiger partial charge in [-0.25, -0.2) is 0 Å². The van der Waals surface area contributed by atoms with Crippen LogP contribution in [0.15, 0.2) is 4.99 Å². The molecule has 0 aromatic heterocycles. The van der Waals surface area contributed by atoms with E-state index in [1.54, 1.807) is 11.8 Å². The molecule has 1 unspecified atom stereocenters. The molecule has 0 spiro atoms. The zero-order chi connectivity index (χ0) is 10.0. The molecule has 2 rings (SSSR count). The molecular weight excluding hydrogens is 198 g/mol. The average molecular weight is 215 g/mol. The highest BCUT2D eigenvalue weighted by Crippen LogP contribution is 2.27. The Hall–Kier alpha value is -0.420. The van der Waals surface area contributed by atoms with Gasteiger partial charge in [-0.05, 0) is 25.0 Å². The van der Waals surface area contributed by atoms with Crippen molar-refractivity contribution in [1.29, 1.82) is 0 Å². The van der Waals surface area contributed by atoms with Crippen LogP contribution in [0.4, 0.5) is 0 Å². The lowest BCUT2D eigenvalue weighted by Crippen LogP contribution is -2.37. The zero-order valence-corrected chi connectivity index (χ0v) is 9.02. The topological polar surface area (TPSA) is 70.6 Å². The third-order valence-corrected chi connectivity index (χ3v) is 3.79. The molecule has 0 bridgehead atoms. The van der Waals surface area contributed by atoms with E-state index >= 15 is 0 Å². The van der Waals surface area contributed by atoms with Crippen LogP contribution in [0.25, 0.3) is 0 Å². The molecule has 1 saturated heterocycles. The van der Waals surface area contributed by atoms with E-state index in [0.29, 0.717) is 18.5 Å². The van der Waals surface area contributed by atoms with Gasteiger partial charge in [0.05, 0.1) is 12.1 Å². The lowest BCUT2D eigenvalue weighted by Gasteiger charge is -2.18. The highest BCUT2D eigenvalue weighted by atomic mass is 32.2. The molecule has 5 heteroatoms. The molecule has 80 valence electrons. The lowest BCUT2D eigenvalue weighted by molar-refractivity contribution is 0.0779. The Kier molecular flexibility index (Phi) is 2.88. The molecule has 0 radical (unpaired) electrons. The zero-order valence-electron chi connectivity index (χ0n) is 8.20. The Morgan fingerprint density at radius 3 is 3.00 bits per heavy atom.